The van der Waals surface area contributed by atoms with Gasteiger partial charge in [0.2, 0.25) is 5.91 Å². The lowest BCUT2D eigenvalue weighted by Gasteiger charge is -2.20. The molecule has 5 heteroatoms. The van der Waals surface area contributed by atoms with Gasteiger partial charge in [0.05, 0.1) is 18.2 Å². The van der Waals surface area contributed by atoms with Crippen LogP contribution in [0.4, 0.5) is 5.69 Å². The molecule has 100 valence electrons. The van der Waals surface area contributed by atoms with Gasteiger partial charge in [-0.2, -0.15) is 0 Å². The average Bonchev–Trinajstić information content (AvgIpc) is 2.57. The van der Waals surface area contributed by atoms with E-state index in [9.17, 15) is 9.59 Å². The number of ether oxygens (including phenoxy) is 1. The van der Waals surface area contributed by atoms with Gasteiger partial charge in [0.1, 0.15) is 5.70 Å². The molecule has 0 radical (unpaired) electrons. The van der Waals surface area contributed by atoms with Gasteiger partial charge < -0.3 is 4.74 Å². The van der Waals surface area contributed by atoms with E-state index in [0.29, 0.717) is 5.69 Å². The molecular weight excluding hydrogens is 310 g/mol. The molecule has 1 aromatic carbocycles. The molecule has 0 saturated heterocycles. The maximum absolute atomic E-state index is 12.5. The number of amides is 1. The fourth-order valence-electron chi connectivity index (χ4n) is 2.19. The summed E-state index contributed by atoms with van der Waals surface area (Å²) in [5, 5.41) is 0. The highest BCUT2D eigenvalue weighted by Crippen LogP contribution is 2.44. The first-order valence-corrected chi connectivity index (χ1v) is 6.52. The van der Waals surface area contributed by atoms with Crippen LogP contribution in [-0.2, 0) is 19.7 Å². The van der Waals surface area contributed by atoms with Crippen molar-refractivity contribution in [1.29, 1.82) is 0 Å². The van der Waals surface area contributed by atoms with Crippen LogP contribution in [0.2, 0.25) is 0 Å². The molecule has 1 aromatic rings. The van der Waals surface area contributed by atoms with Crippen molar-refractivity contribution in [3.63, 3.8) is 0 Å². The molecule has 0 aromatic heterocycles. The minimum absolute atomic E-state index is 0.0293. The third-order valence-electron chi connectivity index (χ3n) is 3.30. The van der Waals surface area contributed by atoms with Gasteiger partial charge >= 0.3 is 5.97 Å². The number of carbonyl (C=O) groups is 2. The number of methoxy groups -OCH3 is 1. The second-order valence-corrected chi connectivity index (χ2v) is 5.78. The number of esters is 1. The molecular formula is C14H14BrNO3. The van der Waals surface area contributed by atoms with Crippen LogP contribution in [0.15, 0.2) is 34.9 Å². The molecule has 1 aliphatic heterocycles. The molecule has 2 rings (SSSR count). The largest absolute Gasteiger partial charge is 0.464 e. The highest BCUT2D eigenvalue weighted by atomic mass is 79.9. The quantitative estimate of drug-likeness (QED) is 0.621. The van der Waals surface area contributed by atoms with Crippen molar-refractivity contribution < 1.29 is 14.3 Å². The van der Waals surface area contributed by atoms with Gasteiger partial charge in [0.25, 0.3) is 0 Å². The van der Waals surface area contributed by atoms with Gasteiger partial charge in [-0.1, -0.05) is 22.5 Å². The smallest absolute Gasteiger partial charge is 0.354 e. The number of rotatable bonds is 2. The monoisotopic (exact) mass is 323 g/mol. The summed E-state index contributed by atoms with van der Waals surface area (Å²) in [7, 11) is 1.27. The zero-order valence-electron chi connectivity index (χ0n) is 11.0. The second-order valence-electron chi connectivity index (χ2n) is 4.87. The van der Waals surface area contributed by atoms with E-state index < -0.39 is 11.4 Å². The fourth-order valence-corrected chi connectivity index (χ4v) is 2.55. The van der Waals surface area contributed by atoms with Crippen LogP contribution in [0.25, 0.3) is 0 Å². The maximum atomic E-state index is 12.5. The summed E-state index contributed by atoms with van der Waals surface area (Å²) in [6.45, 7) is 7.31. The van der Waals surface area contributed by atoms with Gasteiger partial charge in [-0.3, -0.25) is 9.69 Å². The Morgan fingerprint density at radius 1 is 1.42 bits per heavy atom. The summed E-state index contributed by atoms with van der Waals surface area (Å²) in [6, 6.07) is 5.50. The van der Waals surface area contributed by atoms with Crippen molar-refractivity contribution in [3.05, 3.63) is 40.5 Å². The lowest BCUT2D eigenvalue weighted by atomic mass is 9.86. The van der Waals surface area contributed by atoms with E-state index in [1.807, 2.05) is 26.0 Å². The number of hydrogen-bond donors (Lipinski definition) is 0. The van der Waals surface area contributed by atoms with Crippen molar-refractivity contribution in [2.45, 2.75) is 19.3 Å². The van der Waals surface area contributed by atoms with Gasteiger partial charge in [-0.05, 0) is 37.6 Å². The van der Waals surface area contributed by atoms with E-state index >= 15 is 0 Å². The molecule has 0 spiro atoms. The van der Waals surface area contributed by atoms with Gasteiger partial charge in [-0.15, -0.1) is 0 Å². The second kappa shape index (κ2) is 4.49. The normalized spacial score (nSPS) is 16.2. The number of fused-ring (bicyclic) bond motifs is 1. The lowest BCUT2D eigenvalue weighted by Crippen LogP contribution is -2.37. The van der Waals surface area contributed by atoms with E-state index in [2.05, 4.69) is 27.2 Å². The van der Waals surface area contributed by atoms with E-state index in [-0.39, 0.29) is 11.6 Å². The summed E-state index contributed by atoms with van der Waals surface area (Å²) in [5.41, 5.74) is 0.864. The molecule has 0 unspecified atom stereocenters. The van der Waals surface area contributed by atoms with Gasteiger partial charge in [0, 0.05) is 4.47 Å². The Morgan fingerprint density at radius 3 is 2.63 bits per heavy atom. The minimum atomic E-state index is -0.698. The molecule has 4 nitrogen and oxygen atoms in total. The number of halogens is 1. The Hall–Kier alpha value is -1.62. The predicted octanol–water partition coefficient (Wildman–Crippen LogP) is 2.76. The van der Waals surface area contributed by atoms with Crippen LogP contribution in [0.5, 0.6) is 0 Å². The third-order valence-corrected chi connectivity index (χ3v) is 3.79. The van der Waals surface area contributed by atoms with Crippen molar-refractivity contribution in [3.8, 4) is 0 Å². The Kier molecular flexibility index (Phi) is 3.26. The molecule has 0 fully saturated rings. The van der Waals surface area contributed by atoms with Crippen LogP contribution in [0, 0.1) is 0 Å². The first-order chi connectivity index (χ1) is 8.80. The van der Waals surface area contributed by atoms with Crippen molar-refractivity contribution >= 4 is 33.5 Å². The number of anilines is 1. The maximum Gasteiger partial charge on any atom is 0.354 e. The minimum Gasteiger partial charge on any atom is -0.464 e. The summed E-state index contributed by atoms with van der Waals surface area (Å²) < 4.78 is 5.52. The zero-order valence-corrected chi connectivity index (χ0v) is 12.6. The van der Waals surface area contributed by atoms with Crippen LogP contribution < -0.4 is 4.90 Å². The molecule has 1 heterocycles. The highest BCUT2D eigenvalue weighted by molar-refractivity contribution is 9.10. The van der Waals surface area contributed by atoms with E-state index in [0.717, 1.165) is 10.0 Å². The number of carbonyl (C=O) groups excluding carboxylic acids is 2. The van der Waals surface area contributed by atoms with Gasteiger partial charge in [-0.25, -0.2) is 4.79 Å². The Balaban J connectivity index is 2.58. The molecule has 0 saturated carbocycles. The first kappa shape index (κ1) is 13.8. The van der Waals surface area contributed by atoms with Crippen molar-refractivity contribution in [2.75, 3.05) is 12.0 Å². The number of benzene rings is 1. The van der Waals surface area contributed by atoms with Crippen molar-refractivity contribution in [2.24, 2.45) is 0 Å². The molecule has 0 N–H and O–H groups in total. The highest BCUT2D eigenvalue weighted by Gasteiger charge is 2.46. The number of nitrogens with zero attached hydrogens (tertiary/aromatic N) is 1. The summed E-state index contributed by atoms with van der Waals surface area (Å²) >= 11 is 3.39. The third kappa shape index (κ3) is 1.98. The number of hydrogen-bond acceptors (Lipinski definition) is 3. The molecule has 0 aliphatic carbocycles. The van der Waals surface area contributed by atoms with Crippen molar-refractivity contribution in [1.82, 2.24) is 0 Å². The summed E-state index contributed by atoms with van der Waals surface area (Å²) in [6.07, 6.45) is 0. The first-order valence-electron chi connectivity index (χ1n) is 5.72. The van der Waals surface area contributed by atoms with E-state index in [1.54, 1.807) is 6.07 Å². The summed E-state index contributed by atoms with van der Waals surface area (Å²) in [5.74, 6) is -0.795. The molecule has 19 heavy (non-hydrogen) atoms. The predicted molar refractivity (Wildman–Crippen MR) is 75.8 cm³/mol. The molecule has 1 aliphatic rings. The van der Waals surface area contributed by atoms with Crippen LogP contribution in [0.3, 0.4) is 0 Å². The summed E-state index contributed by atoms with van der Waals surface area (Å²) in [4.78, 5) is 25.4. The Bertz CT molecular complexity index is 592. The SMILES string of the molecule is C=C(C(=O)OC)N1C(=O)C(C)(C)c2cc(Br)ccc21. The standard InChI is InChI=1S/C14H14BrNO3/c1-8(12(17)19-4)16-11-6-5-9(15)7-10(11)14(2,3)13(16)18/h5-7H,1H2,2-4H3. The molecule has 1 amide bonds. The van der Waals surface area contributed by atoms with E-state index in [4.69, 9.17) is 0 Å². The van der Waals surface area contributed by atoms with E-state index in [1.165, 1.54) is 12.0 Å². The average molecular weight is 324 g/mol. The van der Waals surface area contributed by atoms with Crippen LogP contribution >= 0.6 is 15.9 Å². The molecule has 0 atom stereocenters. The topological polar surface area (TPSA) is 46.6 Å². The van der Waals surface area contributed by atoms with Gasteiger partial charge in [0.15, 0.2) is 0 Å². The Morgan fingerprint density at radius 2 is 2.05 bits per heavy atom. The Labute approximate surface area is 120 Å². The molecule has 0 bridgehead atoms. The van der Waals surface area contributed by atoms with Crippen LogP contribution in [-0.4, -0.2) is 19.0 Å². The lowest BCUT2D eigenvalue weighted by molar-refractivity contribution is -0.137. The fraction of sp³-hybridized carbons (Fsp3) is 0.286. The van der Waals surface area contributed by atoms with Crippen LogP contribution in [0.1, 0.15) is 19.4 Å². The zero-order chi connectivity index (χ0) is 14.4.